The first-order chi connectivity index (χ1) is 10.3. The average Bonchev–Trinajstić information content (AvgIpc) is 2.77. The molecule has 0 saturated carbocycles. The van der Waals surface area contributed by atoms with E-state index in [1.165, 1.54) is 0 Å². The zero-order valence-corrected chi connectivity index (χ0v) is 13.8. The number of thiazole rings is 1. The molecule has 2 aromatic rings. The van der Waals surface area contributed by atoms with Gasteiger partial charge < -0.3 is 4.74 Å². The Hall–Kier alpha value is -2.21. The molecule has 0 fully saturated rings. The normalized spacial score (nSPS) is 11.1. The highest BCUT2D eigenvalue weighted by Crippen LogP contribution is 2.25. The Labute approximate surface area is 133 Å². The van der Waals surface area contributed by atoms with Crippen LogP contribution in [0.2, 0.25) is 0 Å². The Balaban J connectivity index is 2.15. The number of carbonyl (C=O) groups is 2. The van der Waals surface area contributed by atoms with Gasteiger partial charge >= 0.3 is 6.09 Å². The van der Waals surface area contributed by atoms with E-state index in [-0.39, 0.29) is 5.78 Å². The number of aromatic nitrogens is 1. The lowest BCUT2D eigenvalue weighted by Gasteiger charge is -2.18. The second-order valence-corrected chi connectivity index (χ2v) is 6.75. The van der Waals surface area contributed by atoms with E-state index in [9.17, 15) is 9.59 Å². The summed E-state index contributed by atoms with van der Waals surface area (Å²) in [6, 6.07) is 8.98. The van der Waals surface area contributed by atoms with Crippen LogP contribution in [0, 0.1) is 6.92 Å². The van der Waals surface area contributed by atoms with Gasteiger partial charge in [0, 0.05) is 5.56 Å². The Bertz CT molecular complexity index is 687. The van der Waals surface area contributed by atoms with Crippen molar-refractivity contribution in [2.24, 2.45) is 0 Å². The lowest BCUT2D eigenvalue weighted by atomic mass is 10.1. The molecule has 6 heteroatoms. The maximum absolute atomic E-state index is 12.4. The molecule has 0 unspecified atom stereocenters. The van der Waals surface area contributed by atoms with Crippen LogP contribution in [0.25, 0.3) is 0 Å². The highest BCUT2D eigenvalue weighted by atomic mass is 32.1. The van der Waals surface area contributed by atoms with Gasteiger partial charge in [0.05, 0.1) is 10.6 Å². The Kier molecular flexibility index (Phi) is 4.61. The molecule has 2 rings (SSSR count). The number of aryl methyl sites for hydroxylation is 1. The molecule has 1 aromatic carbocycles. The SMILES string of the molecule is Cc1nc(NC(=O)OC(C)(C)C)sc1C(=O)c1ccccc1. The molecular formula is C16H18N2O3S. The zero-order chi connectivity index (χ0) is 16.3. The summed E-state index contributed by atoms with van der Waals surface area (Å²) in [5, 5.41) is 2.91. The molecule has 22 heavy (non-hydrogen) atoms. The molecule has 0 aliphatic carbocycles. The second-order valence-electron chi connectivity index (χ2n) is 5.76. The topological polar surface area (TPSA) is 68.3 Å². The molecule has 0 aliphatic heterocycles. The highest BCUT2D eigenvalue weighted by molar-refractivity contribution is 7.18. The number of carbonyl (C=O) groups excluding carboxylic acids is 2. The van der Waals surface area contributed by atoms with Gasteiger partial charge in [0.25, 0.3) is 0 Å². The number of nitrogens with zero attached hydrogens (tertiary/aromatic N) is 1. The van der Waals surface area contributed by atoms with E-state index in [4.69, 9.17) is 4.74 Å². The van der Waals surface area contributed by atoms with Gasteiger partial charge in [0.15, 0.2) is 5.13 Å². The Morgan fingerprint density at radius 1 is 1.18 bits per heavy atom. The van der Waals surface area contributed by atoms with Gasteiger partial charge in [-0.1, -0.05) is 41.7 Å². The molecule has 1 heterocycles. The fourth-order valence-corrected chi connectivity index (χ4v) is 2.69. The van der Waals surface area contributed by atoms with Crippen LogP contribution in [0.4, 0.5) is 9.93 Å². The van der Waals surface area contributed by atoms with Crippen LogP contribution >= 0.6 is 11.3 Å². The third-order valence-electron chi connectivity index (χ3n) is 2.65. The minimum absolute atomic E-state index is 0.104. The fourth-order valence-electron chi connectivity index (χ4n) is 1.77. The van der Waals surface area contributed by atoms with Gasteiger partial charge in [-0.2, -0.15) is 0 Å². The summed E-state index contributed by atoms with van der Waals surface area (Å²) in [6.07, 6.45) is -0.583. The van der Waals surface area contributed by atoms with Gasteiger partial charge in [-0.05, 0) is 27.7 Å². The molecule has 116 valence electrons. The van der Waals surface area contributed by atoms with Crippen LogP contribution in [-0.2, 0) is 4.74 Å². The predicted octanol–water partition coefficient (Wildman–Crippen LogP) is 4.03. The molecule has 0 bridgehead atoms. The van der Waals surface area contributed by atoms with Crippen molar-refractivity contribution in [2.45, 2.75) is 33.3 Å². The van der Waals surface area contributed by atoms with Gasteiger partial charge in [0.2, 0.25) is 5.78 Å². The molecule has 0 spiro atoms. The summed E-state index contributed by atoms with van der Waals surface area (Å²) in [7, 11) is 0. The number of amides is 1. The number of hydrogen-bond acceptors (Lipinski definition) is 5. The van der Waals surface area contributed by atoms with E-state index in [0.717, 1.165) is 11.3 Å². The first-order valence-corrected chi connectivity index (χ1v) is 7.65. The molecule has 5 nitrogen and oxygen atoms in total. The standard InChI is InChI=1S/C16H18N2O3S/c1-10-13(12(19)11-8-6-5-7-9-11)22-14(17-10)18-15(20)21-16(2,3)4/h5-9H,1-4H3,(H,17,18,20). The van der Waals surface area contributed by atoms with Crippen LogP contribution in [0.15, 0.2) is 30.3 Å². The van der Waals surface area contributed by atoms with E-state index in [1.807, 2.05) is 18.2 Å². The number of anilines is 1. The van der Waals surface area contributed by atoms with Crippen LogP contribution in [0.5, 0.6) is 0 Å². The smallest absolute Gasteiger partial charge is 0.413 e. The van der Waals surface area contributed by atoms with Gasteiger partial charge in [0.1, 0.15) is 5.60 Å². The zero-order valence-electron chi connectivity index (χ0n) is 13.0. The minimum atomic E-state index is -0.584. The van der Waals surface area contributed by atoms with Crippen molar-refractivity contribution in [3.8, 4) is 0 Å². The Morgan fingerprint density at radius 3 is 2.41 bits per heavy atom. The first kappa shape index (κ1) is 16.2. The summed E-state index contributed by atoms with van der Waals surface area (Å²) < 4.78 is 5.17. The van der Waals surface area contributed by atoms with Crippen molar-refractivity contribution < 1.29 is 14.3 Å². The highest BCUT2D eigenvalue weighted by Gasteiger charge is 2.20. The molecule has 1 amide bonds. The van der Waals surface area contributed by atoms with Crippen molar-refractivity contribution in [2.75, 3.05) is 5.32 Å². The third-order valence-corrected chi connectivity index (χ3v) is 3.72. The van der Waals surface area contributed by atoms with E-state index in [1.54, 1.807) is 39.8 Å². The van der Waals surface area contributed by atoms with Gasteiger partial charge in [-0.15, -0.1) is 0 Å². The van der Waals surface area contributed by atoms with Crippen LogP contribution in [0.3, 0.4) is 0 Å². The number of ether oxygens (including phenoxy) is 1. The summed E-state index contributed by atoms with van der Waals surface area (Å²) in [4.78, 5) is 28.9. The molecule has 0 radical (unpaired) electrons. The molecule has 1 N–H and O–H groups in total. The minimum Gasteiger partial charge on any atom is -0.444 e. The monoisotopic (exact) mass is 318 g/mol. The summed E-state index contributed by atoms with van der Waals surface area (Å²) >= 11 is 1.14. The number of hydrogen-bond donors (Lipinski definition) is 1. The van der Waals surface area contributed by atoms with Gasteiger partial charge in [-0.3, -0.25) is 10.1 Å². The predicted molar refractivity (Wildman–Crippen MR) is 86.6 cm³/mol. The van der Waals surface area contributed by atoms with Crippen LogP contribution < -0.4 is 5.32 Å². The maximum atomic E-state index is 12.4. The first-order valence-electron chi connectivity index (χ1n) is 6.83. The Morgan fingerprint density at radius 2 is 1.82 bits per heavy atom. The second kappa shape index (κ2) is 6.27. The van der Waals surface area contributed by atoms with E-state index in [0.29, 0.717) is 21.3 Å². The summed E-state index contributed by atoms with van der Waals surface area (Å²) in [6.45, 7) is 7.09. The molecule has 1 aromatic heterocycles. The van der Waals surface area contributed by atoms with Crippen molar-refractivity contribution in [1.29, 1.82) is 0 Å². The number of nitrogens with one attached hydrogen (secondary N) is 1. The lowest BCUT2D eigenvalue weighted by molar-refractivity contribution is 0.0635. The molecular weight excluding hydrogens is 300 g/mol. The van der Waals surface area contributed by atoms with Crippen molar-refractivity contribution >= 4 is 28.3 Å². The van der Waals surface area contributed by atoms with E-state index >= 15 is 0 Å². The number of rotatable bonds is 3. The fraction of sp³-hybridized carbons (Fsp3) is 0.312. The number of benzene rings is 1. The molecule has 0 atom stereocenters. The van der Waals surface area contributed by atoms with Gasteiger partial charge in [-0.25, -0.2) is 9.78 Å². The summed E-state index contributed by atoms with van der Waals surface area (Å²) in [5.41, 5.74) is 0.599. The van der Waals surface area contributed by atoms with E-state index in [2.05, 4.69) is 10.3 Å². The number of ketones is 1. The maximum Gasteiger partial charge on any atom is 0.413 e. The van der Waals surface area contributed by atoms with Crippen LogP contribution in [-0.4, -0.2) is 22.5 Å². The van der Waals surface area contributed by atoms with Crippen molar-refractivity contribution in [3.63, 3.8) is 0 Å². The lowest BCUT2D eigenvalue weighted by Crippen LogP contribution is -2.27. The molecule has 0 saturated heterocycles. The van der Waals surface area contributed by atoms with Crippen LogP contribution in [0.1, 0.15) is 41.7 Å². The average molecular weight is 318 g/mol. The van der Waals surface area contributed by atoms with Crippen molar-refractivity contribution in [3.05, 3.63) is 46.5 Å². The third kappa shape index (κ3) is 4.14. The largest absolute Gasteiger partial charge is 0.444 e. The van der Waals surface area contributed by atoms with E-state index < -0.39 is 11.7 Å². The quantitative estimate of drug-likeness (QED) is 0.868. The molecule has 0 aliphatic rings. The summed E-state index contributed by atoms with van der Waals surface area (Å²) in [5.74, 6) is -0.104. The van der Waals surface area contributed by atoms with Crippen molar-refractivity contribution in [1.82, 2.24) is 4.98 Å².